The Morgan fingerprint density at radius 2 is 0.938 bits per heavy atom. The third kappa shape index (κ3) is 7.22. The van der Waals surface area contributed by atoms with Crippen LogP contribution in [0.1, 0.15) is 0 Å². The monoisotopic (exact) mass is 236 g/mol. The van der Waals surface area contributed by atoms with Gasteiger partial charge in [-0.05, 0) is 0 Å². The Bertz CT molecular complexity index is 138. The Hall–Kier alpha value is -0.100. The Labute approximate surface area is 94.2 Å². The van der Waals surface area contributed by atoms with E-state index in [1.807, 2.05) is 0 Å². The lowest BCUT2D eigenvalue weighted by atomic mass is 9.97. The molecule has 0 radical (unpaired) electrons. The summed E-state index contributed by atoms with van der Waals surface area (Å²) in [7, 11) is -0.323. The topological polar surface area (TPSA) is 116 Å². The average molecular weight is 235 g/mol. The number of hydrogen-bond donors (Lipinski definition) is 3. The van der Waals surface area contributed by atoms with Crippen LogP contribution in [0.5, 0.6) is 0 Å². The minimum atomic E-state index is -2.17. The van der Waals surface area contributed by atoms with Gasteiger partial charge in [-0.1, -0.05) is 0 Å². The zero-order valence-electron chi connectivity index (χ0n) is 9.10. The standard InChI is InChI=1S/C3H9B3O6.BH3O3/c1-7-4-10-5(8-2)12-6(9-3)11-4;2-1(3)4/h1-3H3;2-4H. The van der Waals surface area contributed by atoms with Crippen LogP contribution >= 0.6 is 0 Å². The van der Waals surface area contributed by atoms with Crippen LogP contribution in [-0.4, -0.2) is 65.7 Å². The Balaban J connectivity index is 0.000000487. The molecule has 0 aromatic heterocycles. The quantitative estimate of drug-likeness (QED) is 0.437. The highest BCUT2D eigenvalue weighted by Crippen LogP contribution is 2.08. The van der Waals surface area contributed by atoms with Crippen molar-refractivity contribution in [1.82, 2.24) is 0 Å². The lowest BCUT2D eigenvalue weighted by Crippen LogP contribution is -2.51. The van der Waals surface area contributed by atoms with Crippen molar-refractivity contribution < 1.29 is 42.8 Å². The molecule has 0 unspecified atom stereocenters. The highest BCUT2D eigenvalue weighted by Gasteiger charge is 2.44. The van der Waals surface area contributed by atoms with Crippen LogP contribution in [0.4, 0.5) is 0 Å². The second-order valence-electron chi connectivity index (χ2n) is 2.33. The van der Waals surface area contributed by atoms with E-state index in [0.717, 1.165) is 0 Å². The summed E-state index contributed by atoms with van der Waals surface area (Å²) in [6.07, 6.45) is 0. The highest BCUT2D eigenvalue weighted by atomic mass is 16.9. The molecular weight excluding hydrogens is 223 g/mol. The summed E-state index contributed by atoms with van der Waals surface area (Å²) in [5.74, 6) is 0. The van der Waals surface area contributed by atoms with Crippen molar-refractivity contribution in [2.45, 2.75) is 0 Å². The molecule has 90 valence electrons. The van der Waals surface area contributed by atoms with Gasteiger partial charge in [-0.15, -0.1) is 0 Å². The van der Waals surface area contributed by atoms with Crippen LogP contribution in [0.15, 0.2) is 0 Å². The van der Waals surface area contributed by atoms with Crippen LogP contribution in [0.25, 0.3) is 0 Å². The first-order valence-electron chi connectivity index (χ1n) is 4.12. The third-order valence-corrected chi connectivity index (χ3v) is 1.24. The molecule has 0 aliphatic carbocycles. The molecule has 9 nitrogen and oxygen atoms in total. The van der Waals surface area contributed by atoms with Crippen molar-refractivity contribution in [2.24, 2.45) is 0 Å². The summed E-state index contributed by atoms with van der Waals surface area (Å²) >= 11 is 0. The van der Waals surface area contributed by atoms with Gasteiger partial charge in [0.1, 0.15) is 0 Å². The molecule has 0 aromatic carbocycles. The fourth-order valence-corrected chi connectivity index (χ4v) is 0.702. The van der Waals surface area contributed by atoms with Gasteiger partial charge in [0, 0.05) is 21.3 Å². The molecule has 1 saturated heterocycles. The van der Waals surface area contributed by atoms with Crippen LogP contribution < -0.4 is 0 Å². The molecule has 0 atom stereocenters. The summed E-state index contributed by atoms with van der Waals surface area (Å²) < 4.78 is 29.2. The van der Waals surface area contributed by atoms with E-state index in [1.54, 1.807) is 0 Å². The van der Waals surface area contributed by atoms with Crippen LogP contribution in [-0.2, 0) is 27.7 Å². The molecule has 0 bridgehead atoms. The molecule has 0 amide bonds. The van der Waals surface area contributed by atoms with Gasteiger partial charge in [0.2, 0.25) is 0 Å². The molecule has 0 saturated carbocycles. The summed E-state index contributed by atoms with van der Waals surface area (Å²) in [5.41, 5.74) is 0. The predicted octanol–water partition coefficient (Wildman–Crippen LogP) is -3.11. The van der Waals surface area contributed by atoms with Crippen molar-refractivity contribution in [2.75, 3.05) is 21.3 Å². The Morgan fingerprint density at radius 1 is 0.750 bits per heavy atom. The van der Waals surface area contributed by atoms with E-state index in [9.17, 15) is 0 Å². The molecule has 13 heteroatoms. The van der Waals surface area contributed by atoms with E-state index in [1.165, 1.54) is 21.3 Å². The third-order valence-electron chi connectivity index (χ3n) is 1.24. The van der Waals surface area contributed by atoms with Crippen molar-refractivity contribution >= 4 is 29.3 Å². The van der Waals surface area contributed by atoms with Gasteiger partial charge >= 0.3 is 29.3 Å². The predicted molar refractivity (Wildman–Crippen MR) is 54.0 cm³/mol. The smallest absolute Gasteiger partial charge is 0.402 e. The van der Waals surface area contributed by atoms with Gasteiger partial charge in [-0.2, -0.15) is 0 Å². The lowest BCUT2D eigenvalue weighted by Gasteiger charge is -2.25. The molecular formula is C3H12B4O9. The summed E-state index contributed by atoms with van der Waals surface area (Å²) in [5, 5.41) is 21.5. The van der Waals surface area contributed by atoms with Crippen LogP contribution in [0, 0.1) is 0 Å². The summed E-state index contributed by atoms with van der Waals surface area (Å²) in [6, 6.07) is 0. The second-order valence-corrected chi connectivity index (χ2v) is 2.33. The summed E-state index contributed by atoms with van der Waals surface area (Å²) in [6.45, 7) is 0. The van der Waals surface area contributed by atoms with Gasteiger partial charge in [-0.3, -0.25) is 0 Å². The molecule has 1 heterocycles. The van der Waals surface area contributed by atoms with Gasteiger partial charge < -0.3 is 42.8 Å². The van der Waals surface area contributed by atoms with Crippen LogP contribution in [0.2, 0.25) is 0 Å². The Morgan fingerprint density at radius 3 is 1.06 bits per heavy atom. The number of hydrogen-bond acceptors (Lipinski definition) is 9. The fourth-order valence-electron chi connectivity index (χ4n) is 0.702. The van der Waals surface area contributed by atoms with Crippen molar-refractivity contribution in [1.29, 1.82) is 0 Å². The van der Waals surface area contributed by atoms with Gasteiger partial charge in [-0.25, -0.2) is 0 Å². The van der Waals surface area contributed by atoms with Crippen molar-refractivity contribution in [3.8, 4) is 0 Å². The van der Waals surface area contributed by atoms with Gasteiger partial charge in [0.05, 0.1) is 0 Å². The molecule has 1 fully saturated rings. The highest BCUT2D eigenvalue weighted by molar-refractivity contribution is 6.66. The van der Waals surface area contributed by atoms with Gasteiger partial charge in [0.25, 0.3) is 0 Å². The van der Waals surface area contributed by atoms with E-state index in [4.69, 9.17) is 42.8 Å². The second kappa shape index (κ2) is 8.98. The molecule has 16 heavy (non-hydrogen) atoms. The Kier molecular flexibility index (Phi) is 8.93. The maximum Gasteiger partial charge on any atom is 0.631 e. The fraction of sp³-hybridized carbons (Fsp3) is 1.00. The van der Waals surface area contributed by atoms with E-state index >= 15 is 0 Å². The van der Waals surface area contributed by atoms with E-state index in [0.29, 0.717) is 0 Å². The SMILES string of the molecule is COB1OB(OC)OB(OC)O1.OB(O)O. The first-order valence-corrected chi connectivity index (χ1v) is 4.12. The molecule has 0 spiro atoms. The van der Waals surface area contributed by atoms with Crippen LogP contribution in [0.3, 0.4) is 0 Å². The van der Waals surface area contributed by atoms with Crippen molar-refractivity contribution in [3.05, 3.63) is 0 Å². The summed E-state index contributed by atoms with van der Waals surface area (Å²) in [4.78, 5) is 0. The molecule has 1 aliphatic heterocycles. The largest absolute Gasteiger partial charge is 0.631 e. The molecule has 1 aliphatic rings. The van der Waals surface area contributed by atoms with Gasteiger partial charge in [0.15, 0.2) is 0 Å². The number of rotatable bonds is 3. The van der Waals surface area contributed by atoms with Crippen molar-refractivity contribution in [3.63, 3.8) is 0 Å². The molecule has 1 rings (SSSR count). The first kappa shape index (κ1) is 15.9. The minimum Gasteiger partial charge on any atom is -0.402 e. The average Bonchev–Trinajstić information content (AvgIpc) is 2.27. The zero-order valence-corrected chi connectivity index (χ0v) is 9.10. The van der Waals surface area contributed by atoms with E-state index in [2.05, 4.69) is 0 Å². The zero-order chi connectivity index (χ0) is 12.6. The minimum absolute atomic E-state index is 0.825. The molecule has 0 aromatic rings. The van der Waals surface area contributed by atoms with E-state index < -0.39 is 29.3 Å². The maximum absolute atomic E-state index is 7.17. The first-order chi connectivity index (χ1) is 7.53. The normalized spacial score (nSPS) is 15.8. The maximum atomic E-state index is 7.17. The lowest BCUT2D eigenvalue weighted by molar-refractivity contribution is 0.0958. The van der Waals surface area contributed by atoms with E-state index in [-0.39, 0.29) is 0 Å². The molecule has 3 N–H and O–H groups in total.